The Morgan fingerprint density at radius 3 is 2.62 bits per heavy atom. The highest BCUT2D eigenvalue weighted by molar-refractivity contribution is 9.10. The van der Waals surface area contributed by atoms with Gasteiger partial charge >= 0.3 is 5.63 Å². The molecule has 2 aromatic carbocycles. The average molecular weight is 434 g/mol. The van der Waals surface area contributed by atoms with Crippen molar-refractivity contribution in [3.05, 3.63) is 74.0 Å². The Morgan fingerprint density at radius 2 is 1.85 bits per heavy atom. The van der Waals surface area contributed by atoms with Gasteiger partial charge in [0.05, 0.1) is 0 Å². The quantitative estimate of drug-likeness (QED) is 0.569. The summed E-state index contributed by atoms with van der Waals surface area (Å²) < 4.78 is 6.24. The SMILES string of the molecule is O=c1cc(CN2CCN(c3cccc(Cl)c3)CC2)c2ccc(Br)cc2o1. The summed E-state index contributed by atoms with van der Waals surface area (Å²) in [4.78, 5) is 16.6. The Kier molecular flexibility index (Phi) is 5.02. The minimum atomic E-state index is -0.303. The summed E-state index contributed by atoms with van der Waals surface area (Å²) in [5, 5.41) is 1.75. The molecule has 0 saturated carbocycles. The molecule has 1 fully saturated rings. The molecule has 0 bridgehead atoms. The normalized spacial score (nSPS) is 15.5. The minimum absolute atomic E-state index is 0.303. The van der Waals surface area contributed by atoms with Crippen LogP contribution in [0.1, 0.15) is 5.56 Å². The van der Waals surface area contributed by atoms with Crippen LogP contribution in [0.15, 0.2) is 62.2 Å². The third kappa shape index (κ3) is 3.80. The summed E-state index contributed by atoms with van der Waals surface area (Å²) >= 11 is 9.53. The molecular weight excluding hydrogens is 416 g/mol. The van der Waals surface area contributed by atoms with E-state index in [2.05, 4.69) is 31.8 Å². The zero-order valence-electron chi connectivity index (χ0n) is 14.1. The lowest BCUT2D eigenvalue weighted by molar-refractivity contribution is 0.250. The molecule has 134 valence electrons. The maximum atomic E-state index is 11.9. The van der Waals surface area contributed by atoms with Gasteiger partial charge in [0.25, 0.3) is 0 Å². The number of halogens is 2. The van der Waals surface area contributed by atoms with E-state index in [0.29, 0.717) is 5.58 Å². The molecule has 0 N–H and O–H groups in total. The van der Waals surface area contributed by atoms with Crippen molar-refractivity contribution in [2.75, 3.05) is 31.1 Å². The minimum Gasteiger partial charge on any atom is -0.423 e. The Labute approximate surface area is 165 Å². The molecule has 1 aliphatic heterocycles. The lowest BCUT2D eigenvalue weighted by Gasteiger charge is -2.36. The number of fused-ring (bicyclic) bond motifs is 1. The summed E-state index contributed by atoms with van der Waals surface area (Å²) in [6.07, 6.45) is 0. The van der Waals surface area contributed by atoms with Crippen molar-refractivity contribution in [3.63, 3.8) is 0 Å². The van der Waals surface area contributed by atoms with Gasteiger partial charge in [0, 0.05) is 59.4 Å². The Hall–Kier alpha value is -1.82. The van der Waals surface area contributed by atoms with Crippen LogP contribution >= 0.6 is 27.5 Å². The summed E-state index contributed by atoms with van der Waals surface area (Å²) in [5.41, 5.74) is 2.50. The molecule has 1 aliphatic rings. The van der Waals surface area contributed by atoms with Crippen LogP contribution in [-0.4, -0.2) is 31.1 Å². The maximum absolute atomic E-state index is 11.9. The largest absolute Gasteiger partial charge is 0.423 e. The van der Waals surface area contributed by atoms with E-state index in [4.69, 9.17) is 16.0 Å². The first-order valence-corrected chi connectivity index (χ1v) is 9.71. The van der Waals surface area contributed by atoms with Crippen molar-refractivity contribution < 1.29 is 4.42 Å². The van der Waals surface area contributed by atoms with Crippen molar-refractivity contribution in [2.45, 2.75) is 6.54 Å². The summed E-state index contributed by atoms with van der Waals surface area (Å²) in [6.45, 7) is 4.49. The van der Waals surface area contributed by atoms with Gasteiger partial charge in [0.15, 0.2) is 0 Å². The van der Waals surface area contributed by atoms with Crippen molar-refractivity contribution in [3.8, 4) is 0 Å². The van der Waals surface area contributed by atoms with Crippen molar-refractivity contribution in [1.82, 2.24) is 4.90 Å². The number of benzene rings is 2. The van der Waals surface area contributed by atoms with Gasteiger partial charge in [-0.25, -0.2) is 4.79 Å². The van der Waals surface area contributed by atoms with Crippen LogP contribution in [-0.2, 0) is 6.54 Å². The van der Waals surface area contributed by atoms with Gasteiger partial charge in [-0.3, -0.25) is 4.90 Å². The predicted octanol–water partition coefficient (Wildman–Crippen LogP) is 4.53. The van der Waals surface area contributed by atoms with E-state index in [0.717, 1.165) is 58.9 Å². The molecule has 1 saturated heterocycles. The molecule has 26 heavy (non-hydrogen) atoms. The maximum Gasteiger partial charge on any atom is 0.336 e. The molecule has 2 heterocycles. The molecule has 6 heteroatoms. The van der Waals surface area contributed by atoms with Crippen LogP contribution in [0.5, 0.6) is 0 Å². The molecule has 0 atom stereocenters. The zero-order valence-corrected chi connectivity index (χ0v) is 16.5. The first kappa shape index (κ1) is 17.6. The van der Waals surface area contributed by atoms with E-state index in [-0.39, 0.29) is 5.63 Å². The highest BCUT2D eigenvalue weighted by Crippen LogP contribution is 2.24. The molecular formula is C20H18BrClN2O2. The average Bonchev–Trinajstić information content (AvgIpc) is 2.62. The van der Waals surface area contributed by atoms with E-state index in [9.17, 15) is 4.79 Å². The second-order valence-electron chi connectivity index (χ2n) is 6.47. The van der Waals surface area contributed by atoms with Gasteiger partial charge < -0.3 is 9.32 Å². The molecule has 0 amide bonds. The first-order valence-electron chi connectivity index (χ1n) is 8.54. The summed E-state index contributed by atoms with van der Waals surface area (Å²) in [5.74, 6) is 0. The summed E-state index contributed by atoms with van der Waals surface area (Å²) in [7, 11) is 0. The van der Waals surface area contributed by atoms with Gasteiger partial charge in [-0.15, -0.1) is 0 Å². The first-order chi connectivity index (χ1) is 12.6. The standard InChI is InChI=1S/C20H18BrClN2O2/c21-15-4-5-18-14(10-20(25)26-19(18)11-15)13-23-6-8-24(9-7-23)17-3-1-2-16(22)12-17/h1-5,10-12H,6-9,13H2. The number of nitrogens with zero attached hydrogens (tertiary/aromatic N) is 2. The van der Waals surface area contributed by atoms with E-state index in [1.165, 1.54) is 0 Å². The van der Waals surface area contributed by atoms with Crippen LogP contribution < -0.4 is 10.5 Å². The number of hydrogen-bond donors (Lipinski definition) is 0. The Bertz CT molecular complexity index is 997. The third-order valence-corrected chi connectivity index (χ3v) is 5.46. The lowest BCUT2D eigenvalue weighted by Crippen LogP contribution is -2.46. The lowest BCUT2D eigenvalue weighted by atomic mass is 10.1. The van der Waals surface area contributed by atoms with Gasteiger partial charge in [-0.05, 0) is 42.0 Å². The zero-order chi connectivity index (χ0) is 18.1. The van der Waals surface area contributed by atoms with Gasteiger partial charge in [-0.1, -0.05) is 33.6 Å². The van der Waals surface area contributed by atoms with Crippen molar-refractivity contribution >= 4 is 44.2 Å². The predicted molar refractivity (Wildman–Crippen MR) is 109 cm³/mol. The van der Waals surface area contributed by atoms with Crippen LogP contribution in [0, 0.1) is 0 Å². The second-order valence-corrected chi connectivity index (χ2v) is 7.83. The van der Waals surface area contributed by atoms with E-state index in [1.807, 2.05) is 36.4 Å². The third-order valence-electron chi connectivity index (χ3n) is 4.73. The van der Waals surface area contributed by atoms with Gasteiger partial charge in [-0.2, -0.15) is 0 Å². The molecule has 4 rings (SSSR count). The fourth-order valence-corrected chi connectivity index (χ4v) is 3.94. The van der Waals surface area contributed by atoms with Crippen LogP contribution in [0.3, 0.4) is 0 Å². The van der Waals surface area contributed by atoms with Crippen molar-refractivity contribution in [1.29, 1.82) is 0 Å². The number of anilines is 1. The fraction of sp³-hybridized carbons (Fsp3) is 0.250. The van der Waals surface area contributed by atoms with Gasteiger partial charge in [0.2, 0.25) is 0 Å². The van der Waals surface area contributed by atoms with Gasteiger partial charge in [0.1, 0.15) is 5.58 Å². The second kappa shape index (κ2) is 7.43. The van der Waals surface area contributed by atoms with Crippen LogP contribution in [0.25, 0.3) is 11.0 Å². The highest BCUT2D eigenvalue weighted by atomic mass is 79.9. The Morgan fingerprint density at radius 1 is 1.04 bits per heavy atom. The Balaban J connectivity index is 1.50. The van der Waals surface area contributed by atoms with Crippen molar-refractivity contribution in [2.24, 2.45) is 0 Å². The molecule has 0 unspecified atom stereocenters. The number of rotatable bonds is 3. The molecule has 0 radical (unpaired) electrons. The fourth-order valence-electron chi connectivity index (χ4n) is 3.41. The monoisotopic (exact) mass is 432 g/mol. The van der Waals surface area contributed by atoms with E-state index < -0.39 is 0 Å². The van der Waals surface area contributed by atoms with Crippen LogP contribution in [0.2, 0.25) is 5.02 Å². The highest BCUT2D eigenvalue weighted by Gasteiger charge is 2.19. The number of hydrogen-bond acceptors (Lipinski definition) is 4. The molecule has 0 aliphatic carbocycles. The smallest absolute Gasteiger partial charge is 0.336 e. The number of piperazine rings is 1. The molecule has 0 spiro atoms. The molecule has 3 aromatic rings. The molecule has 1 aromatic heterocycles. The van der Waals surface area contributed by atoms with E-state index in [1.54, 1.807) is 6.07 Å². The molecule has 4 nitrogen and oxygen atoms in total. The van der Waals surface area contributed by atoms with Crippen LogP contribution in [0.4, 0.5) is 5.69 Å². The summed E-state index contributed by atoms with van der Waals surface area (Å²) in [6, 6.07) is 15.4. The topological polar surface area (TPSA) is 36.7 Å². The van der Waals surface area contributed by atoms with E-state index >= 15 is 0 Å².